The van der Waals surface area contributed by atoms with Crippen molar-refractivity contribution in [2.75, 3.05) is 10.2 Å². The Morgan fingerprint density at radius 1 is 0.468 bits per heavy atom. The zero-order chi connectivity index (χ0) is 31.6. The quantitative estimate of drug-likeness (QED) is 0.195. The van der Waals surface area contributed by atoms with E-state index < -0.39 is 0 Å². The molecule has 1 aliphatic rings. The third kappa shape index (κ3) is 5.64. The summed E-state index contributed by atoms with van der Waals surface area (Å²) in [5.74, 6) is 1.97. The summed E-state index contributed by atoms with van der Waals surface area (Å²) in [5.41, 5.74) is 11.1. The third-order valence-electron chi connectivity index (χ3n) is 8.70. The first-order valence-corrected chi connectivity index (χ1v) is 16.1. The molecule has 1 aliphatic heterocycles. The summed E-state index contributed by atoms with van der Waals surface area (Å²) in [7, 11) is 0. The van der Waals surface area contributed by atoms with Gasteiger partial charge in [-0.15, -0.1) is 0 Å². The molecule has 0 radical (unpaired) electrons. The van der Waals surface area contributed by atoms with Gasteiger partial charge in [-0.2, -0.15) is 0 Å². The van der Waals surface area contributed by atoms with Crippen LogP contribution in [0.4, 0.5) is 17.1 Å². The van der Waals surface area contributed by atoms with Crippen molar-refractivity contribution in [3.63, 3.8) is 0 Å². The second kappa shape index (κ2) is 12.4. The van der Waals surface area contributed by atoms with Crippen molar-refractivity contribution in [2.45, 2.75) is 19.5 Å². The molecule has 0 saturated carbocycles. The van der Waals surface area contributed by atoms with Gasteiger partial charge >= 0.3 is 0 Å². The summed E-state index contributed by atoms with van der Waals surface area (Å²) in [6, 6.07) is 54.8. The second-order valence-electron chi connectivity index (χ2n) is 11.7. The topological polar surface area (TPSA) is 53.9 Å². The van der Waals surface area contributed by atoms with E-state index in [9.17, 15) is 0 Å². The fourth-order valence-electron chi connectivity index (χ4n) is 6.26. The Bertz CT molecular complexity index is 2090. The van der Waals surface area contributed by atoms with Gasteiger partial charge < -0.3 is 10.2 Å². The first-order valence-electron chi connectivity index (χ1n) is 16.1. The van der Waals surface area contributed by atoms with Crippen molar-refractivity contribution in [3.8, 4) is 56.4 Å². The lowest BCUT2D eigenvalue weighted by molar-refractivity contribution is 0.728. The Morgan fingerprint density at radius 2 is 0.915 bits per heavy atom. The molecular weight excluding hydrogens is 574 g/mol. The lowest BCUT2D eigenvalue weighted by atomic mass is 9.99. The predicted molar refractivity (Wildman–Crippen MR) is 193 cm³/mol. The maximum atomic E-state index is 4.88. The standard InChI is InChI=1S/C42H33N5/c1-2-39-43-37-18-9-10-19-38(37)47(39)36-17-11-16-35(28-36)31-22-20-29(21-23-31)30-24-26-34(27-25-30)42-45-40(32-12-5-3-6-13-32)44-41(46-42)33-14-7-4-8-15-33/h3-28,39,43H,2H2,1H3. The molecule has 5 heteroatoms. The van der Waals surface area contributed by atoms with Crippen LogP contribution >= 0.6 is 0 Å². The number of aromatic nitrogens is 3. The Kier molecular flexibility index (Phi) is 7.48. The van der Waals surface area contributed by atoms with Crippen molar-refractivity contribution in [1.82, 2.24) is 15.0 Å². The van der Waals surface area contributed by atoms with Gasteiger partial charge in [0.05, 0.1) is 11.4 Å². The van der Waals surface area contributed by atoms with E-state index in [4.69, 9.17) is 15.0 Å². The lowest BCUT2D eigenvalue weighted by Crippen LogP contribution is -2.30. The van der Waals surface area contributed by atoms with Crippen molar-refractivity contribution in [3.05, 3.63) is 158 Å². The van der Waals surface area contributed by atoms with Gasteiger partial charge in [0.1, 0.15) is 6.17 Å². The summed E-state index contributed by atoms with van der Waals surface area (Å²) in [4.78, 5) is 17.0. The van der Waals surface area contributed by atoms with Gasteiger partial charge in [-0.05, 0) is 52.9 Å². The van der Waals surface area contributed by atoms with E-state index in [1.807, 2.05) is 60.7 Å². The molecule has 0 bridgehead atoms. The summed E-state index contributed by atoms with van der Waals surface area (Å²) in [6.07, 6.45) is 1.24. The Labute approximate surface area is 275 Å². The van der Waals surface area contributed by atoms with Crippen LogP contribution in [-0.4, -0.2) is 21.1 Å². The minimum Gasteiger partial charge on any atom is -0.363 e. The summed E-state index contributed by atoms with van der Waals surface area (Å²) < 4.78 is 0. The zero-order valence-electron chi connectivity index (χ0n) is 26.1. The maximum Gasteiger partial charge on any atom is 0.164 e. The number of hydrogen-bond acceptors (Lipinski definition) is 5. The first kappa shape index (κ1) is 28.4. The summed E-state index contributed by atoms with van der Waals surface area (Å²) in [5, 5.41) is 3.67. The molecule has 8 rings (SSSR count). The fourth-order valence-corrected chi connectivity index (χ4v) is 6.26. The van der Waals surface area contributed by atoms with Crippen LogP contribution < -0.4 is 10.2 Å². The fraction of sp³-hybridized carbons (Fsp3) is 0.0714. The van der Waals surface area contributed by atoms with Crippen LogP contribution in [0.1, 0.15) is 13.3 Å². The first-order chi connectivity index (χ1) is 23.2. The summed E-state index contributed by atoms with van der Waals surface area (Å²) in [6.45, 7) is 2.22. The van der Waals surface area contributed by atoms with Gasteiger partial charge in [0, 0.05) is 22.4 Å². The van der Waals surface area contributed by atoms with Gasteiger partial charge in [-0.1, -0.05) is 140 Å². The van der Waals surface area contributed by atoms with Crippen LogP contribution in [0.2, 0.25) is 0 Å². The monoisotopic (exact) mass is 607 g/mol. The zero-order valence-corrected chi connectivity index (χ0v) is 26.1. The average molecular weight is 608 g/mol. The summed E-state index contributed by atoms with van der Waals surface area (Å²) >= 11 is 0. The molecule has 0 saturated heterocycles. The molecule has 5 nitrogen and oxygen atoms in total. The Balaban J connectivity index is 1.07. The van der Waals surface area contributed by atoms with Gasteiger partial charge in [-0.3, -0.25) is 0 Å². The molecule has 2 heterocycles. The molecule has 226 valence electrons. The van der Waals surface area contributed by atoms with Crippen molar-refractivity contribution >= 4 is 17.1 Å². The molecule has 0 aliphatic carbocycles. The molecule has 1 unspecified atom stereocenters. The Morgan fingerprint density at radius 3 is 1.47 bits per heavy atom. The second-order valence-corrected chi connectivity index (χ2v) is 11.7. The number of benzene rings is 6. The number of anilines is 3. The van der Waals surface area contributed by atoms with E-state index in [0.29, 0.717) is 17.5 Å². The minimum absolute atomic E-state index is 0.236. The normalized spacial score (nSPS) is 13.6. The molecule has 1 aromatic heterocycles. The van der Waals surface area contributed by atoms with Crippen LogP contribution in [-0.2, 0) is 0 Å². The lowest BCUT2D eigenvalue weighted by Gasteiger charge is -2.26. The Hall–Kier alpha value is -6.07. The van der Waals surface area contributed by atoms with E-state index in [1.54, 1.807) is 0 Å². The van der Waals surface area contributed by atoms with Crippen LogP contribution in [0.25, 0.3) is 56.4 Å². The van der Waals surface area contributed by atoms with E-state index in [0.717, 1.165) is 34.2 Å². The van der Waals surface area contributed by atoms with Crippen LogP contribution in [0.5, 0.6) is 0 Å². The SMILES string of the molecule is CCC1Nc2ccccc2N1c1cccc(-c2ccc(-c3ccc(-c4nc(-c5ccccc5)nc(-c5ccccc5)n4)cc3)cc2)c1. The molecule has 0 fully saturated rings. The van der Waals surface area contributed by atoms with Crippen LogP contribution in [0.15, 0.2) is 158 Å². The number of nitrogens with zero attached hydrogens (tertiary/aromatic N) is 4. The number of rotatable bonds is 7. The molecule has 0 amide bonds. The number of para-hydroxylation sites is 2. The molecule has 47 heavy (non-hydrogen) atoms. The van der Waals surface area contributed by atoms with Crippen LogP contribution in [0, 0.1) is 0 Å². The predicted octanol–water partition coefficient (Wildman–Crippen LogP) is 10.5. The molecular formula is C42H33N5. The van der Waals surface area contributed by atoms with Crippen LogP contribution in [0.3, 0.4) is 0 Å². The number of fused-ring (bicyclic) bond motifs is 1. The van der Waals surface area contributed by atoms with Crippen molar-refractivity contribution in [1.29, 1.82) is 0 Å². The number of hydrogen-bond donors (Lipinski definition) is 1. The maximum absolute atomic E-state index is 4.88. The highest BCUT2D eigenvalue weighted by atomic mass is 15.3. The molecule has 7 aromatic rings. The highest BCUT2D eigenvalue weighted by Crippen LogP contribution is 2.41. The molecule has 1 atom stereocenters. The van der Waals surface area contributed by atoms with Crippen molar-refractivity contribution < 1.29 is 0 Å². The highest BCUT2D eigenvalue weighted by Gasteiger charge is 2.28. The largest absolute Gasteiger partial charge is 0.363 e. The van der Waals surface area contributed by atoms with E-state index in [-0.39, 0.29) is 6.17 Å². The molecule has 6 aromatic carbocycles. The smallest absolute Gasteiger partial charge is 0.164 e. The highest BCUT2D eigenvalue weighted by molar-refractivity contribution is 5.84. The van der Waals surface area contributed by atoms with Gasteiger partial charge in [0.2, 0.25) is 0 Å². The van der Waals surface area contributed by atoms with E-state index >= 15 is 0 Å². The number of nitrogens with one attached hydrogen (secondary N) is 1. The average Bonchev–Trinajstić information content (AvgIpc) is 3.54. The van der Waals surface area contributed by atoms with Gasteiger partial charge in [0.15, 0.2) is 17.5 Å². The third-order valence-corrected chi connectivity index (χ3v) is 8.70. The minimum atomic E-state index is 0.236. The van der Waals surface area contributed by atoms with E-state index in [1.165, 1.54) is 28.2 Å². The van der Waals surface area contributed by atoms with Gasteiger partial charge in [-0.25, -0.2) is 15.0 Å². The molecule has 1 N–H and O–H groups in total. The van der Waals surface area contributed by atoms with E-state index in [2.05, 4.69) is 114 Å². The molecule has 0 spiro atoms. The van der Waals surface area contributed by atoms with Crippen molar-refractivity contribution in [2.24, 2.45) is 0 Å². The van der Waals surface area contributed by atoms with Gasteiger partial charge in [0.25, 0.3) is 0 Å².